The van der Waals surface area contributed by atoms with Crippen LogP contribution in [0.5, 0.6) is 0 Å². The average molecular weight is 483 g/mol. The first-order valence-electron chi connectivity index (χ1n) is 10.4. The molecular weight excluding hydrogens is 460 g/mol. The lowest BCUT2D eigenvalue weighted by molar-refractivity contribution is 0.0476. The van der Waals surface area contributed by atoms with Crippen molar-refractivity contribution < 1.29 is 19.1 Å². The van der Waals surface area contributed by atoms with E-state index in [0.717, 1.165) is 16.3 Å². The molecule has 0 saturated heterocycles. The van der Waals surface area contributed by atoms with Gasteiger partial charge in [-0.25, -0.2) is 9.78 Å². The fraction of sp³-hybridized carbons (Fsp3) is 0.240. The quantitative estimate of drug-likeness (QED) is 0.237. The van der Waals surface area contributed by atoms with Gasteiger partial charge in [-0.15, -0.1) is 11.3 Å². The summed E-state index contributed by atoms with van der Waals surface area (Å²) >= 11 is 7.46. The monoisotopic (exact) mass is 482 g/mol. The Labute approximate surface area is 200 Å². The van der Waals surface area contributed by atoms with Crippen molar-refractivity contribution in [2.24, 2.45) is 0 Å². The number of esters is 1. The van der Waals surface area contributed by atoms with Crippen molar-refractivity contribution in [3.8, 4) is 10.6 Å². The molecule has 33 heavy (non-hydrogen) atoms. The maximum Gasteiger partial charge on any atom is 0.339 e. The number of carbonyl (C=O) groups excluding carboxylic acids is 2. The predicted octanol–water partition coefficient (Wildman–Crippen LogP) is 5.72. The minimum atomic E-state index is -0.570. The third-order valence-electron chi connectivity index (χ3n) is 5.49. The maximum atomic E-state index is 13.0. The fourth-order valence-electron chi connectivity index (χ4n) is 3.82. The van der Waals surface area contributed by atoms with Crippen LogP contribution in [0.4, 0.5) is 0 Å². The molecule has 170 valence electrons. The van der Waals surface area contributed by atoms with E-state index in [1.807, 2.05) is 54.8 Å². The van der Waals surface area contributed by atoms with Gasteiger partial charge in [-0.2, -0.15) is 0 Å². The Morgan fingerprint density at radius 2 is 1.88 bits per heavy atom. The van der Waals surface area contributed by atoms with Gasteiger partial charge in [0.1, 0.15) is 0 Å². The highest BCUT2D eigenvalue weighted by molar-refractivity contribution is 7.19. The Morgan fingerprint density at radius 3 is 2.61 bits per heavy atom. The smallest absolute Gasteiger partial charge is 0.339 e. The fourth-order valence-corrected chi connectivity index (χ4v) is 4.82. The first kappa shape index (κ1) is 23.2. The molecule has 0 bridgehead atoms. The van der Waals surface area contributed by atoms with Crippen molar-refractivity contribution in [3.05, 3.63) is 75.4 Å². The Balaban J connectivity index is 1.58. The van der Waals surface area contributed by atoms with Crippen molar-refractivity contribution in [1.29, 1.82) is 0 Å². The van der Waals surface area contributed by atoms with Gasteiger partial charge in [0.05, 0.1) is 32.6 Å². The topological polar surface area (TPSA) is 70.4 Å². The highest BCUT2D eigenvalue weighted by Gasteiger charge is 2.20. The molecule has 6 nitrogen and oxygen atoms in total. The van der Waals surface area contributed by atoms with Crippen LogP contribution in [0.2, 0.25) is 4.34 Å². The first-order chi connectivity index (χ1) is 15.9. The van der Waals surface area contributed by atoms with E-state index in [2.05, 4.69) is 4.98 Å². The molecule has 4 aromatic rings. The molecule has 3 heterocycles. The number of benzene rings is 1. The van der Waals surface area contributed by atoms with Gasteiger partial charge in [-0.1, -0.05) is 29.8 Å². The number of ketones is 1. The van der Waals surface area contributed by atoms with Gasteiger partial charge >= 0.3 is 5.97 Å². The van der Waals surface area contributed by atoms with Gasteiger partial charge < -0.3 is 14.0 Å². The molecule has 0 aliphatic heterocycles. The van der Waals surface area contributed by atoms with Crippen molar-refractivity contribution in [1.82, 2.24) is 9.55 Å². The normalized spacial score (nSPS) is 11.2. The van der Waals surface area contributed by atoms with E-state index in [-0.39, 0.29) is 12.4 Å². The Hall–Kier alpha value is -3.00. The summed E-state index contributed by atoms with van der Waals surface area (Å²) in [5, 5.41) is 0.666. The van der Waals surface area contributed by atoms with E-state index < -0.39 is 5.97 Å². The number of hydrogen-bond acceptors (Lipinski definition) is 6. The Kier molecular flexibility index (Phi) is 6.93. The van der Waals surface area contributed by atoms with E-state index in [1.165, 1.54) is 11.3 Å². The predicted molar refractivity (Wildman–Crippen MR) is 130 cm³/mol. The van der Waals surface area contributed by atoms with Crippen LogP contribution in [0.3, 0.4) is 0 Å². The highest BCUT2D eigenvalue weighted by Crippen LogP contribution is 2.32. The number of rotatable bonds is 8. The van der Waals surface area contributed by atoms with Crippen LogP contribution < -0.4 is 0 Å². The third-order valence-corrected chi connectivity index (χ3v) is 6.74. The number of ether oxygens (including phenoxy) is 2. The Bertz CT molecular complexity index is 1340. The highest BCUT2D eigenvalue weighted by atomic mass is 35.5. The van der Waals surface area contributed by atoms with Gasteiger partial charge in [0, 0.05) is 36.0 Å². The number of Topliss-reactive ketones (excluding diaryl/α,β-unsaturated/α-hetero) is 1. The average Bonchev–Trinajstić information content (AvgIpc) is 3.37. The molecule has 0 radical (unpaired) electrons. The molecule has 0 aliphatic carbocycles. The van der Waals surface area contributed by atoms with E-state index >= 15 is 0 Å². The minimum Gasteiger partial charge on any atom is -0.454 e. The number of aromatic nitrogens is 2. The number of aryl methyl sites for hydroxylation is 1. The second kappa shape index (κ2) is 9.87. The van der Waals surface area contributed by atoms with E-state index in [4.69, 9.17) is 21.1 Å². The van der Waals surface area contributed by atoms with Gasteiger partial charge in [0.15, 0.2) is 6.61 Å². The number of methoxy groups -OCH3 is 1. The largest absolute Gasteiger partial charge is 0.454 e. The summed E-state index contributed by atoms with van der Waals surface area (Å²) in [6.45, 7) is 4.68. The summed E-state index contributed by atoms with van der Waals surface area (Å²) in [5.41, 5.74) is 3.99. The molecule has 1 aromatic carbocycles. The van der Waals surface area contributed by atoms with Gasteiger partial charge in [0.2, 0.25) is 5.78 Å². The molecule has 4 rings (SSSR count). The molecule has 0 fully saturated rings. The first-order valence-corrected chi connectivity index (χ1v) is 11.6. The van der Waals surface area contributed by atoms with Gasteiger partial charge in [0.25, 0.3) is 0 Å². The van der Waals surface area contributed by atoms with Crippen LogP contribution in [0.15, 0.2) is 48.5 Å². The molecule has 0 unspecified atom stereocenters. The van der Waals surface area contributed by atoms with Crippen molar-refractivity contribution in [2.45, 2.75) is 20.4 Å². The Morgan fingerprint density at radius 1 is 1.09 bits per heavy atom. The summed E-state index contributed by atoms with van der Waals surface area (Å²) in [5.74, 6) is -0.817. The second-order valence-corrected chi connectivity index (χ2v) is 9.32. The zero-order valence-electron chi connectivity index (χ0n) is 18.6. The number of pyridine rings is 1. The lowest BCUT2D eigenvalue weighted by Gasteiger charge is -2.10. The maximum absolute atomic E-state index is 13.0. The molecule has 3 aromatic heterocycles. The molecule has 0 spiro atoms. The third kappa shape index (κ3) is 4.85. The summed E-state index contributed by atoms with van der Waals surface area (Å²) in [6.07, 6.45) is 0. The number of hydrogen-bond donors (Lipinski definition) is 0. The summed E-state index contributed by atoms with van der Waals surface area (Å²) < 4.78 is 13.3. The second-order valence-electron chi connectivity index (χ2n) is 7.60. The number of thiophene rings is 1. The van der Waals surface area contributed by atoms with Crippen molar-refractivity contribution in [3.63, 3.8) is 0 Å². The summed E-state index contributed by atoms with van der Waals surface area (Å²) in [7, 11) is 1.64. The number of carbonyl (C=O) groups is 2. The van der Waals surface area contributed by atoms with Gasteiger partial charge in [-0.05, 0) is 44.2 Å². The summed E-state index contributed by atoms with van der Waals surface area (Å²) in [6, 6.07) is 14.5. The van der Waals surface area contributed by atoms with Crippen LogP contribution >= 0.6 is 22.9 Å². The lowest BCUT2D eigenvalue weighted by Crippen LogP contribution is -2.16. The molecular formula is C25H23ClN2O4S. The number of fused-ring (bicyclic) bond motifs is 1. The molecule has 8 heteroatoms. The van der Waals surface area contributed by atoms with Crippen LogP contribution in [0, 0.1) is 13.8 Å². The van der Waals surface area contributed by atoms with E-state index in [9.17, 15) is 9.59 Å². The number of para-hydroxylation sites is 1. The molecule has 0 atom stereocenters. The zero-order chi connectivity index (χ0) is 23.5. The minimum absolute atomic E-state index is 0.247. The molecule has 0 amide bonds. The van der Waals surface area contributed by atoms with Crippen molar-refractivity contribution in [2.75, 3.05) is 20.3 Å². The number of nitrogens with zero attached hydrogens (tertiary/aromatic N) is 2. The number of halogens is 1. The van der Waals surface area contributed by atoms with E-state index in [0.29, 0.717) is 45.2 Å². The van der Waals surface area contributed by atoms with Crippen LogP contribution in [0.25, 0.3) is 21.5 Å². The standard InChI is InChI=1S/C25H23ClN2O4S/c1-15-12-18(16(2)28(15)10-11-31-3)22(29)14-32-25(30)19-13-21(23-8-9-24(26)33-23)27-20-7-5-4-6-17(19)20/h4-9,12-13H,10-11,14H2,1-3H3. The van der Waals surface area contributed by atoms with Crippen LogP contribution in [-0.4, -0.2) is 41.6 Å². The van der Waals surface area contributed by atoms with Crippen LogP contribution in [-0.2, 0) is 16.0 Å². The van der Waals surface area contributed by atoms with Gasteiger partial charge in [-0.3, -0.25) is 4.79 Å². The summed E-state index contributed by atoms with van der Waals surface area (Å²) in [4.78, 5) is 31.4. The zero-order valence-corrected chi connectivity index (χ0v) is 20.1. The lowest BCUT2D eigenvalue weighted by atomic mass is 10.1. The molecule has 0 saturated carbocycles. The molecule has 0 N–H and O–H groups in total. The van der Waals surface area contributed by atoms with Crippen LogP contribution in [0.1, 0.15) is 32.1 Å². The van der Waals surface area contributed by atoms with E-state index in [1.54, 1.807) is 19.2 Å². The van der Waals surface area contributed by atoms with Crippen molar-refractivity contribution >= 4 is 45.6 Å². The SMILES string of the molecule is COCCn1c(C)cc(C(=O)COC(=O)c2cc(-c3ccc(Cl)s3)nc3ccccc23)c1C. The molecule has 0 aliphatic rings.